The normalized spacial score (nSPS) is 56.1. The van der Waals surface area contributed by atoms with Crippen LogP contribution in [0.2, 0.25) is 0 Å². The summed E-state index contributed by atoms with van der Waals surface area (Å²) in [4.78, 5) is 12.4. The summed E-state index contributed by atoms with van der Waals surface area (Å²) in [7, 11) is 0. The first-order valence-electron chi connectivity index (χ1n) is 9.40. The van der Waals surface area contributed by atoms with E-state index in [0.717, 1.165) is 38.5 Å². The van der Waals surface area contributed by atoms with E-state index in [0.29, 0.717) is 30.6 Å². The maximum absolute atomic E-state index is 12.4. The van der Waals surface area contributed by atoms with E-state index >= 15 is 0 Å². The molecule has 4 rings (SSSR count). The number of hydrogen-bond acceptors (Lipinski definition) is 4. The number of aliphatic hydroxyl groups excluding tert-OH is 2. The summed E-state index contributed by atoms with van der Waals surface area (Å²) >= 11 is 0. The molecule has 2 N–H and O–H groups in total. The van der Waals surface area contributed by atoms with Crippen molar-refractivity contribution in [1.29, 1.82) is 0 Å². The Morgan fingerprint density at radius 2 is 1.70 bits per heavy atom. The van der Waals surface area contributed by atoms with Crippen LogP contribution in [0.5, 0.6) is 0 Å². The van der Waals surface area contributed by atoms with Gasteiger partial charge in [-0.25, -0.2) is 0 Å². The molecule has 0 amide bonds. The Morgan fingerprint density at radius 3 is 2.48 bits per heavy atom. The highest BCUT2D eigenvalue weighted by Crippen LogP contribution is 2.63. The lowest BCUT2D eigenvalue weighted by Gasteiger charge is -2.54. The monoisotopic (exact) mass is 322 g/mol. The van der Waals surface area contributed by atoms with Crippen LogP contribution in [0, 0.1) is 28.6 Å². The molecule has 0 radical (unpaired) electrons. The van der Waals surface area contributed by atoms with Gasteiger partial charge < -0.3 is 14.9 Å². The summed E-state index contributed by atoms with van der Waals surface area (Å²) in [6, 6.07) is 0. The van der Waals surface area contributed by atoms with Gasteiger partial charge >= 0.3 is 5.97 Å². The molecule has 4 fully saturated rings. The minimum atomic E-state index is -0.334. The second kappa shape index (κ2) is 5.19. The Morgan fingerprint density at radius 1 is 1.00 bits per heavy atom. The standard InChI is InChI=1S/C19H30O4/c1-18-8-6-14-12(13(18)3-4-15(18)21)10-17(22)23-16-9-11(20)5-7-19(14,16)2/h11-16,20-21H,3-10H2,1-2H3/t11-,12+,13+,14+,15+,16?,18+,19-/m1/s1. The highest BCUT2D eigenvalue weighted by molar-refractivity contribution is 5.70. The van der Waals surface area contributed by atoms with Crippen LogP contribution in [-0.4, -0.2) is 34.5 Å². The lowest BCUT2D eigenvalue weighted by atomic mass is 9.51. The van der Waals surface area contributed by atoms with E-state index in [9.17, 15) is 15.0 Å². The molecule has 1 heterocycles. The SMILES string of the molecule is C[C@]12CC[C@H]3[C@@H](CC(=O)OC4C[C@H](O)CC[C@@]43C)[C@@H]1CC[C@@H]2O. The van der Waals surface area contributed by atoms with Crippen LogP contribution in [0.1, 0.15) is 65.2 Å². The van der Waals surface area contributed by atoms with Gasteiger partial charge in [0, 0.05) is 18.3 Å². The first-order valence-corrected chi connectivity index (χ1v) is 9.40. The molecule has 0 aromatic heterocycles. The molecule has 3 aliphatic carbocycles. The summed E-state index contributed by atoms with van der Waals surface area (Å²) in [6.45, 7) is 4.51. The molecule has 0 aromatic rings. The Bertz CT molecular complexity index is 506. The van der Waals surface area contributed by atoms with Crippen molar-refractivity contribution in [3.8, 4) is 0 Å². The maximum Gasteiger partial charge on any atom is 0.306 e. The molecular weight excluding hydrogens is 292 g/mol. The van der Waals surface area contributed by atoms with Gasteiger partial charge in [-0.1, -0.05) is 13.8 Å². The van der Waals surface area contributed by atoms with Crippen LogP contribution in [0.25, 0.3) is 0 Å². The summed E-state index contributed by atoms with van der Waals surface area (Å²) in [5.41, 5.74) is -0.0310. The topological polar surface area (TPSA) is 66.8 Å². The number of ether oxygens (including phenoxy) is 1. The molecule has 1 unspecified atom stereocenters. The lowest BCUT2D eigenvalue weighted by molar-refractivity contribution is -0.162. The average molecular weight is 322 g/mol. The zero-order chi connectivity index (χ0) is 16.4. The lowest BCUT2D eigenvalue weighted by Crippen LogP contribution is -2.52. The second-order valence-electron chi connectivity index (χ2n) is 9.13. The first kappa shape index (κ1) is 15.9. The van der Waals surface area contributed by atoms with Crippen molar-refractivity contribution in [2.75, 3.05) is 0 Å². The molecule has 4 heteroatoms. The number of carbonyl (C=O) groups is 1. The number of esters is 1. The van der Waals surface area contributed by atoms with Crippen molar-refractivity contribution in [1.82, 2.24) is 0 Å². The van der Waals surface area contributed by atoms with E-state index in [1.165, 1.54) is 0 Å². The molecule has 1 saturated heterocycles. The molecule has 0 spiro atoms. The molecule has 8 atom stereocenters. The predicted octanol–water partition coefficient (Wildman–Crippen LogP) is 2.66. The highest BCUT2D eigenvalue weighted by atomic mass is 16.5. The molecule has 0 bridgehead atoms. The van der Waals surface area contributed by atoms with Gasteiger partial charge in [0.2, 0.25) is 0 Å². The third-order valence-corrected chi connectivity index (χ3v) is 8.15. The minimum absolute atomic E-state index is 0.00900. The van der Waals surface area contributed by atoms with Crippen LogP contribution in [0.3, 0.4) is 0 Å². The van der Waals surface area contributed by atoms with Crippen LogP contribution in [0.15, 0.2) is 0 Å². The van der Waals surface area contributed by atoms with Crippen molar-refractivity contribution in [2.24, 2.45) is 28.6 Å². The molecule has 4 aliphatic rings. The number of fused-ring (bicyclic) bond motifs is 5. The molecule has 0 aromatic carbocycles. The Kier molecular flexibility index (Phi) is 3.59. The van der Waals surface area contributed by atoms with Gasteiger partial charge in [0.15, 0.2) is 0 Å². The van der Waals surface area contributed by atoms with E-state index in [-0.39, 0.29) is 35.1 Å². The van der Waals surface area contributed by atoms with Crippen molar-refractivity contribution in [3.05, 3.63) is 0 Å². The maximum atomic E-state index is 12.4. The molecule has 3 saturated carbocycles. The summed E-state index contributed by atoms with van der Waals surface area (Å²) in [5, 5.41) is 20.5. The summed E-state index contributed by atoms with van der Waals surface area (Å²) in [5.74, 6) is 1.16. The predicted molar refractivity (Wildman–Crippen MR) is 85.5 cm³/mol. The van der Waals surface area contributed by atoms with Crippen molar-refractivity contribution < 1.29 is 19.7 Å². The number of carbonyl (C=O) groups excluding carboxylic acids is 1. The average Bonchev–Trinajstić information content (AvgIpc) is 2.73. The van der Waals surface area contributed by atoms with Crippen molar-refractivity contribution >= 4 is 5.97 Å². The van der Waals surface area contributed by atoms with Gasteiger partial charge in [-0.15, -0.1) is 0 Å². The zero-order valence-electron chi connectivity index (χ0n) is 14.3. The Balaban J connectivity index is 1.70. The highest BCUT2D eigenvalue weighted by Gasteiger charge is 2.60. The Labute approximate surface area is 138 Å². The Hall–Kier alpha value is -0.610. The second-order valence-corrected chi connectivity index (χ2v) is 9.13. The van der Waals surface area contributed by atoms with Crippen LogP contribution >= 0.6 is 0 Å². The molecule has 1 aliphatic heterocycles. The number of aliphatic hydroxyl groups is 2. The molecule has 4 nitrogen and oxygen atoms in total. The van der Waals surface area contributed by atoms with Crippen molar-refractivity contribution in [2.45, 2.75) is 83.5 Å². The van der Waals surface area contributed by atoms with Gasteiger partial charge in [0.1, 0.15) is 6.10 Å². The number of rotatable bonds is 0. The van der Waals surface area contributed by atoms with Gasteiger partial charge in [0.05, 0.1) is 12.2 Å². The van der Waals surface area contributed by atoms with Gasteiger partial charge in [-0.3, -0.25) is 4.79 Å². The third kappa shape index (κ3) is 2.21. The number of hydrogen-bond donors (Lipinski definition) is 2. The van der Waals surface area contributed by atoms with Gasteiger partial charge in [-0.2, -0.15) is 0 Å². The van der Waals surface area contributed by atoms with Crippen molar-refractivity contribution in [3.63, 3.8) is 0 Å². The fourth-order valence-corrected chi connectivity index (χ4v) is 6.64. The van der Waals surface area contributed by atoms with Crippen LogP contribution < -0.4 is 0 Å². The fraction of sp³-hybridized carbons (Fsp3) is 0.947. The quantitative estimate of drug-likeness (QED) is 0.673. The van der Waals surface area contributed by atoms with E-state index in [1.54, 1.807) is 0 Å². The summed E-state index contributed by atoms with van der Waals surface area (Å²) in [6.07, 6.45) is 6.21. The van der Waals surface area contributed by atoms with E-state index in [2.05, 4.69) is 13.8 Å². The van der Waals surface area contributed by atoms with Crippen LogP contribution in [-0.2, 0) is 9.53 Å². The van der Waals surface area contributed by atoms with E-state index in [4.69, 9.17) is 4.74 Å². The van der Waals surface area contributed by atoms with Gasteiger partial charge in [-0.05, 0) is 61.7 Å². The molecular formula is C19H30O4. The summed E-state index contributed by atoms with van der Waals surface area (Å²) < 4.78 is 5.83. The first-order chi connectivity index (χ1) is 10.8. The smallest absolute Gasteiger partial charge is 0.306 e. The largest absolute Gasteiger partial charge is 0.462 e. The van der Waals surface area contributed by atoms with Crippen LogP contribution in [0.4, 0.5) is 0 Å². The molecule has 130 valence electrons. The third-order valence-electron chi connectivity index (χ3n) is 8.15. The van der Waals surface area contributed by atoms with Gasteiger partial charge in [0.25, 0.3) is 0 Å². The molecule has 23 heavy (non-hydrogen) atoms. The van der Waals surface area contributed by atoms with E-state index < -0.39 is 0 Å². The fourth-order valence-electron chi connectivity index (χ4n) is 6.64. The minimum Gasteiger partial charge on any atom is -0.462 e. The zero-order valence-corrected chi connectivity index (χ0v) is 14.3. The van der Waals surface area contributed by atoms with E-state index in [1.807, 2.05) is 0 Å².